The third-order valence-corrected chi connectivity index (χ3v) is 5.39. The van der Waals surface area contributed by atoms with Crippen molar-refractivity contribution in [1.29, 1.82) is 0 Å². The number of carbonyl (C=O) groups excluding carboxylic acids is 1. The van der Waals surface area contributed by atoms with Crippen molar-refractivity contribution in [2.45, 2.75) is 40.0 Å². The van der Waals surface area contributed by atoms with E-state index in [-0.39, 0.29) is 5.91 Å². The van der Waals surface area contributed by atoms with Crippen LogP contribution in [0.4, 0.5) is 11.5 Å². The quantitative estimate of drug-likeness (QED) is 0.669. The number of piperidine rings is 1. The number of aryl methyl sites for hydroxylation is 2. The van der Waals surface area contributed by atoms with Crippen molar-refractivity contribution in [3.8, 4) is 0 Å². The molecule has 4 rings (SSSR count). The molecule has 0 radical (unpaired) electrons. The number of rotatable bonds is 4. The number of furan rings is 1. The van der Waals surface area contributed by atoms with E-state index in [0.29, 0.717) is 23.6 Å². The highest BCUT2D eigenvalue weighted by molar-refractivity contribution is 6.16. The van der Waals surface area contributed by atoms with Gasteiger partial charge in [0.15, 0.2) is 0 Å². The van der Waals surface area contributed by atoms with Crippen LogP contribution < -0.4 is 9.80 Å². The zero-order valence-corrected chi connectivity index (χ0v) is 16.7. The molecule has 0 atom stereocenters. The minimum atomic E-state index is -0.0718. The standard InChI is InChI=1S/C22H26N4O2/c1-4-26(17-10-8-9-15(2)13-17)22(27)18-16(3)28-21-19(18)20(23-14-24-21)25-11-6-5-7-12-25/h8-10,13-14H,4-7,11-12H2,1-3H3. The van der Waals surface area contributed by atoms with E-state index in [1.54, 1.807) is 4.90 Å². The van der Waals surface area contributed by atoms with Crippen LogP contribution in [0, 0.1) is 13.8 Å². The van der Waals surface area contributed by atoms with Crippen LogP contribution >= 0.6 is 0 Å². The van der Waals surface area contributed by atoms with Crippen molar-refractivity contribution < 1.29 is 9.21 Å². The molecule has 0 N–H and O–H groups in total. The van der Waals surface area contributed by atoms with Crippen LogP contribution in [0.5, 0.6) is 0 Å². The van der Waals surface area contributed by atoms with Gasteiger partial charge in [-0.3, -0.25) is 4.79 Å². The number of fused-ring (bicyclic) bond motifs is 1. The average Bonchev–Trinajstić information content (AvgIpc) is 3.05. The van der Waals surface area contributed by atoms with Crippen molar-refractivity contribution in [1.82, 2.24) is 9.97 Å². The topological polar surface area (TPSA) is 62.5 Å². The van der Waals surface area contributed by atoms with Crippen molar-refractivity contribution in [3.63, 3.8) is 0 Å². The molecule has 3 heterocycles. The minimum absolute atomic E-state index is 0.0718. The van der Waals surface area contributed by atoms with E-state index in [2.05, 4.69) is 14.9 Å². The van der Waals surface area contributed by atoms with E-state index in [9.17, 15) is 4.79 Å². The monoisotopic (exact) mass is 378 g/mol. The van der Waals surface area contributed by atoms with E-state index >= 15 is 0 Å². The molecular weight excluding hydrogens is 352 g/mol. The third kappa shape index (κ3) is 3.23. The summed E-state index contributed by atoms with van der Waals surface area (Å²) >= 11 is 0. The number of anilines is 2. The van der Waals surface area contributed by atoms with Gasteiger partial charge in [-0.2, -0.15) is 0 Å². The van der Waals surface area contributed by atoms with Crippen molar-refractivity contribution in [3.05, 3.63) is 47.5 Å². The van der Waals surface area contributed by atoms with Gasteiger partial charge in [0, 0.05) is 25.3 Å². The number of carbonyl (C=O) groups is 1. The molecule has 28 heavy (non-hydrogen) atoms. The van der Waals surface area contributed by atoms with Gasteiger partial charge in [0.1, 0.15) is 17.9 Å². The Balaban J connectivity index is 1.83. The van der Waals surface area contributed by atoms with Gasteiger partial charge in [-0.05, 0) is 57.7 Å². The second-order valence-corrected chi connectivity index (χ2v) is 7.35. The summed E-state index contributed by atoms with van der Waals surface area (Å²) in [5, 5.41) is 0.734. The summed E-state index contributed by atoms with van der Waals surface area (Å²) in [6, 6.07) is 8.00. The van der Waals surface area contributed by atoms with Gasteiger partial charge >= 0.3 is 0 Å². The van der Waals surface area contributed by atoms with Crippen LogP contribution in [-0.2, 0) is 0 Å². The molecule has 1 fully saturated rings. The smallest absolute Gasteiger partial charge is 0.262 e. The highest BCUT2D eigenvalue weighted by Gasteiger charge is 2.28. The summed E-state index contributed by atoms with van der Waals surface area (Å²) < 4.78 is 5.88. The van der Waals surface area contributed by atoms with Gasteiger partial charge in [0.05, 0.1) is 10.9 Å². The molecule has 6 nitrogen and oxygen atoms in total. The Kier molecular flexibility index (Phi) is 5.03. The molecule has 2 aromatic heterocycles. The first-order valence-corrected chi connectivity index (χ1v) is 9.97. The Morgan fingerprint density at radius 3 is 2.68 bits per heavy atom. The van der Waals surface area contributed by atoms with E-state index in [0.717, 1.165) is 48.4 Å². The predicted molar refractivity (Wildman–Crippen MR) is 111 cm³/mol. The Morgan fingerprint density at radius 2 is 1.96 bits per heavy atom. The zero-order chi connectivity index (χ0) is 19.7. The molecular formula is C22H26N4O2. The lowest BCUT2D eigenvalue weighted by molar-refractivity contribution is 0.0988. The highest BCUT2D eigenvalue weighted by atomic mass is 16.3. The van der Waals surface area contributed by atoms with E-state index in [4.69, 9.17) is 4.42 Å². The van der Waals surface area contributed by atoms with Crippen LogP contribution in [0.1, 0.15) is 47.9 Å². The third-order valence-electron chi connectivity index (χ3n) is 5.39. The number of hydrogen-bond donors (Lipinski definition) is 0. The van der Waals surface area contributed by atoms with E-state index < -0.39 is 0 Å². The summed E-state index contributed by atoms with van der Waals surface area (Å²) in [5.74, 6) is 1.33. The molecule has 0 aliphatic carbocycles. The largest absolute Gasteiger partial charge is 0.442 e. The summed E-state index contributed by atoms with van der Waals surface area (Å²) in [6.45, 7) is 8.31. The Hall–Kier alpha value is -2.89. The lowest BCUT2D eigenvalue weighted by Gasteiger charge is -2.28. The maximum absolute atomic E-state index is 13.6. The fourth-order valence-corrected chi connectivity index (χ4v) is 4.01. The molecule has 0 saturated carbocycles. The summed E-state index contributed by atoms with van der Waals surface area (Å²) in [4.78, 5) is 26.5. The first-order chi connectivity index (χ1) is 13.6. The predicted octanol–water partition coefficient (Wildman–Crippen LogP) is 4.50. The molecule has 1 aliphatic heterocycles. The average molecular weight is 378 g/mol. The first-order valence-electron chi connectivity index (χ1n) is 9.97. The Morgan fingerprint density at radius 1 is 1.18 bits per heavy atom. The lowest BCUT2D eigenvalue weighted by Crippen LogP contribution is -2.32. The summed E-state index contributed by atoms with van der Waals surface area (Å²) in [6.07, 6.45) is 5.03. The van der Waals surface area contributed by atoms with Gasteiger partial charge < -0.3 is 14.2 Å². The fraction of sp³-hybridized carbons (Fsp3) is 0.409. The summed E-state index contributed by atoms with van der Waals surface area (Å²) in [7, 11) is 0. The molecule has 1 aromatic carbocycles. The lowest BCUT2D eigenvalue weighted by atomic mass is 10.1. The summed E-state index contributed by atoms with van der Waals surface area (Å²) in [5.41, 5.74) is 3.06. The fourth-order valence-electron chi connectivity index (χ4n) is 4.01. The maximum atomic E-state index is 13.6. The maximum Gasteiger partial charge on any atom is 0.262 e. The Bertz CT molecular complexity index is 1000. The van der Waals surface area contributed by atoms with E-state index in [1.165, 1.54) is 12.7 Å². The highest BCUT2D eigenvalue weighted by Crippen LogP contribution is 2.34. The van der Waals surface area contributed by atoms with Crippen LogP contribution in [-0.4, -0.2) is 35.5 Å². The molecule has 1 saturated heterocycles. The van der Waals surface area contributed by atoms with Gasteiger partial charge in [-0.1, -0.05) is 12.1 Å². The zero-order valence-electron chi connectivity index (χ0n) is 16.7. The van der Waals surface area contributed by atoms with Crippen molar-refractivity contribution in [2.24, 2.45) is 0 Å². The minimum Gasteiger partial charge on any atom is -0.442 e. The number of nitrogens with zero attached hydrogens (tertiary/aromatic N) is 4. The second kappa shape index (κ2) is 7.62. The molecule has 0 bridgehead atoms. The second-order valence-electron chi connectivity index (χ2n) is 7.35. The first kappa shape index (κ1) is 18.5. The van der Waals surface area contributed by atoms with Gasteiger partial charge in [0.25, 0.3) is 5.91 Å². The molecule has 3 aromatic rings. The molecule has 1 amide bonds. The van der Waals surface area contributed by atoms with Gasteiger partial charge in [0.2, 0.25) is 5.71 Å². The molecule has 146 valence electrons. The number of aromatic nitrogens is 2. The normalized spacial score (nSPS) is 14.5. The van der Waals surface area contributed by atoms with Crippen LogP contribution in [0.15, 0.2) is 35.0 Å². The molecule has 6 heteroatoms. The number of benzene rings is 1. The van der Waals surface area contributed by atoms with Crippen molar-refractivity contribution >= 4 is 28.5 Å². The van der Waals surface area contributed by atoms with Gasteiger partial charge in [-0.15, -0.1) is 0 Å². The van der Waals surface area contributed by atoms with E-state index in [1.807, 2.05) is 45.0 Å². The Labute approximate surface area is 165 Å². The molecule has 0 unspecified atom stereocenters. The van der Waals surface area contributed by atoms with Crippen LogP contribution in [0.3, 0.4) is 0 Å². The van der Waals surface area contributed by atoms with Crippen molar-refractivity contribution in [2.75, 3.05) is 29.4 Å². The molecule has 0 spiro atoms. The molecule has 1 aliphatic rings. The number of hydrogen-bond acceptors (Lipinski definition) is 5. The SMILES string of the molecule is CCN(C(=O)c1c(C)oc2ncnc(N3CCCCC3)c12)c1cccc(C)c1. The van der Waals surface area contributed by atoms with Gasteiger partial charge in [-0.25, -0.2) is 9.97 Å². The van der Waals surface area contributed by atoms with Crippen LogP contribution in [0.25, 0.3) is 11.1 Å². The van der Waals surface area contributed by atoms with Crippen LogP contribution in [0.2, 0.25) is 0 Å². The number of amides is 1.